The second-order valence-corrected chi connectivity index (χ2v) is 7.46. The highest BCUT2D eigenvalue weighted by Gasteiger charge is 2.20. The molecule has 27 heavy (non-hydrogen) atoms. The molecule has 0 aliphatic heterocycles. The van der Waals surface area contributed by atoms with Crippen molar-refractivity contribution >= 4 is 34.8 Å². The van der Waals surface area contributed by atoms with Crippen LogP contribution in [-0.2, 0) is 11.3 Å². The number of thiazole rings is 1. The quantitative estimate of drug-likeness (QED) is 0.701. The molecule has 1 N–H and O–H groups in total. The summed E-state index contributed by atoms with van der Waals surface area (Å²) in [5, 5.41) is 10.6. The second-order valence-electron chi connectivity index (χ2n) is 6.47. The van der Waals surface area contributed by atoms with Gasteiger partial charge in [-0.05, 0) is 35.8 Å². The van der Waals surface area contributed by atoms with Crippen LogP contribution in [-0.4, -0.2) is 15.5 Å². The van der Waals surface area contributed by atoms with E-state index in [2.05, 4.69) is 0 Å². The average molecular weight is 375 g/mol. The van der Waals surface area contributed by atoms with Gasteiger partial charge in [0.05, 0.1) is 11.4 Å². The maximum absolute atomic E-state index is 12.4. The van der Waals surface area contributed by atoms with Crippen molar-refractivity contribution in [2.75, 3.05) is 0 Å². The third-order valence-corrected chi connectivity index (χ3v) is 5.48. The van der Waals surface area contributed by atoms with Crippen molar-refractivity contribution < 1.29 is 9.90 Å². The van der Waals surface area contributed by atoms with Gasteiger partial charge < -0.3 is 5.11 Å². The Labute approximate surface area is 160 Å². The Balaban J connectivity index is 1.74. The number of aromatic nitrogens is 1. The van der Waals surface area contributed by atoms with Crippen LogP contribution in [0.25, 0.3) is 17.7 Å². The third-order valence-electron chi connectivity index (χ3n) is 4.56. The normalized spacial score (nSPS) is 14.6. The number of allylic oxidation sites excluding steroid dienone is 2. The van der Waals surface area contributed by atoms with Gasteiger partial charge in [-0.2, -0.15) is 0 Å². The Morgan fingerprint density at radius 1 is 1.04 bits per heavy atom. The van der Waals surface area contributed by atoms with Gasteiger partial charge in [0.15, 0.2) is 5.78 Å². The van der Waals surface area contributed by atoms with Crippen LogP contribution in [0.3, 0.4) is 0 Å². The lowest BCUT2D eigenvalue weighted by molar-refractivity contribution is -0.109. The Kier molecular flexibility index (Phi) is 4.38. The van der Waals surface area contributed by atoms with E-state index in [1.807, 2.05) is 55.5 Å². The largest absolute Gasteiger partial charge is 0.493 e. The molecular formula is C22H17NO3S. The van der Waals surface area contributed by atoms with Crippen LogP contribution in [0.15, 0.2) is 59.4 Å². The summed E-state index contributed by atoms with van der Waals surface area (Å²) in [5.74, 6) is -0.253. The van der Waals surface area contributed by atoms with Gasteiger partial charge in [-0.25, -0.2) is 0 Å². The molecule has 1 aliphatic rings. The Hall–Kier alpha value is -3.18. The van der Waals surface area contributed by atoms with Gasteiger partial charge >= 0.3 is 4.87 Å². The molecule has 0 saturated heterocycles. The van der Waals surface area contributed by atoms with Crippen LogP contribution in [0.5, 0.6) is 5.88 Å². The highest BCUT2D eigenvalue weighted by atomic mass is 32.1. The molecule has 3 aromatic rings. The molecule has 0 bridgehead atoms. The molecule has 0 radical (unpaired) electrons. The number of rotatable bonds is 3. The topological polar surface area (TPSA) is 59.3 Å². The Morgan fingerprint density at radius 3 is 2.56 bits per heavy atom. The van der Waals surface area contributed by atoms with Gasteiger partial charge in [-0.1, -0.05) is 71.5 Å². The van der Waals surface area contributed by atoms with E-state index in [9.17, 15) is 14.7 Å². The van der Waals surface area contributed by atoms with Gasteiger partial charge in [0, 0.05) is 5.57 Å². The standard InChI is InChI=1S/C22H17NO3S/c1-14-6-8-15(9-7-14)13-23-21(25)20(27-22(23)26)12-18-17-5-3-2-4-16(17)10-11-19(18)24/h2-12,25H,13H2,1H3/b18-12-. The first-order valence-corrected chi connectivity index (χ1v) is 9.36. The summed E-state index contributed by atoms with van der Waals surface area (Å²) in [6.45, 7) is 2.28. The van der Waals surface area contributed by atoms with Crippen molar-refractivity contribution in [1.82, 2.24) is 4.57 Å². The minimum atomic E-state index is -0.257. The number of fused-ring (bicyclic) bond motifs is 1. The number of aryl methyl sites for hydroxylation is 1. The van der Waals surface area contributed by atoms with E-state index in [4.69, 9.17) is 0 Å². The summed E-state index contributed by atoms with van der Waals surface area (Å²) in [6, 6.07) is 15.4. The smallest absolute Gasteiger partial charge is 0.310 e. The lowest BCUT2D eigenvalue weighted by Gasteiger charge is -2.12. The van der Waals surface area contributed by atoms with Crippen LogP contribution in [0.4, 0.5) is 0 Å². The second kappa shape index (κ2) is 6.85. The molecule has 0 saturated carbocycles. The molecule has 4 nitrogen and oxygen atoms in total. The minimum absolute atomic E-state index is 0.113. The monoisotopic (exact) mass is 375 g/mol. The van der Waals surface area contributed by atoms with Gasteiger partial charge in [0.1, 0.15) is 0 Å². The molecule has 1 heterocycles. The fraction of sp³-hybridized carbons (Fsp3) is 0.0909. The molecule has 1 aliphatic carbocycles. The Morgan fingerprint density at radius 2 is 1.78 bits per heavy atom. The average Bonchev–Trinajstić information content (AvgIpc) is 2.93. The molecule has 0 atom stereocenters. The summed E-state index contributed by atoms with van der Waals surface area (Å²) in [7, 11) is 0. The molecule has 4 rings (SSSR count). The van der Waals surface area contributed by atoms with E-state index < -0.39 is 0 Å². The SMILES string of the molecule is Cc1ccc(Cn2c(O)c(/C=C3\C(=O)C=Cc4ccccc43)sc2=O)cc1. The number of aromatic hydroxyl groups is 1. The van der Waals surface area contributed by atoms with Crippen LogP contribution in [0, 0.1) is 6.92 Å². The predicted octanol–water partition coefficient (Wildman–Crippen LogP) is 4.11. The van der Waals surface area contributed by atoms with Crippen molar-refractivity contribution in [2.24, 2.45) is 0 Å². The molecule has 0 amide bonds. The van der Waals surface area contributed by atoms with Crippen LogP contribution < -0.4 is 4.87 Å². The number of carbonyl (C=O) groups is 1. The van der Waals surface area contributed by atoms with Crippen LogP contribution in [0.2, 0.25) is 0 Å². The lowest BCUT2D eigenvalue weighted by atomic mass is 9.91. The van der Waals surface area contributed by atoms with Crippen molar-refractivity contribution in [2.45, 2.75) is 13.5 Å². The number of nitrogens with zero attached hydrogens (tertiary/aromatic N) is 1. The zero-order chi connectivity index (χ0) is 19.0. The molecule has 1 aromatic heterocycles. The summed E-state index contributed by atoms with van der Waals surface area (Å²) >= 11 is 0.938. The highest BCUT2D eigenvalue weighted by Crippen LogP contribution is 2.31. The van der Waals surface area contributed by atoms with E-state index in [-0.39, 0.29) is 23.1 Å². The van der Waals surface area contributed by atoms with Gasteiger partial charge in [-0.15, -0.1) is 0 Å². The van der Waals surface area contributed by atoms with E-state index in [1.54, 1.807) is 12.2 Å². The minimum Gasteiger partial charge on any atom is -0.493 e. The number of hydrogen-bond acceptors (Lipinski definition) is 4. The number of ketones is 1. The van der Waals surface area contributed by atoms with E-state index in [1.165, 1.54) is 10.6 Å². The maximum Gasteiger partial charge on any atom is 0.310 e. The third kappa shape index (κ3) is 3.29. The lowest BCUT2D eigenvalue weighted by Crippen LogP contribution is -2.13. The summed E-state index contributed by atoms with van der Waals surface area (Å²) in [6.07, 6.45) is 4.90. The first-order valence-electron chi connectivity index (χ1n) is 8.54. The number of benzene rings is 2. The van der Waals surface area contributed by atoms with E-state index in [0.29, 0.717) is 10.5 Å². The van der Waals surface area contributed by atoms with Crippen molar-refractivity contribution in [1.29, 1.82) is 0 Å². The van der Waals surface area contributed by atoms with Crippen molar-refractivity contribution in [3.63, 3.8) is 0 Å². The molecule has 2 aromatic carbocycles. The van der Waals surface area contributed by atoms with Gasteiger partial charge in [0.25, 0.3) is 0 Å². The summed E-state index contributed by atoms with van der Waals surface area (Å²) in [4.78, 5) is 24.9. The fourth-order valence-electron chi connectivity index (χ4n) is 3.08. The zero-order valence-corrected chi connectivity index (χ0v) is 15.5. The molecule has 5 heteroatoms. The van der Waals surface area contributed by atoms with E-state index in [0.717, 1.165) is 33.6 Å². The zero-order valence-electron chi connectivity index (χ0n) is 14.7. The van der Waals surface area contributed by atoms with Crippen LogP contribution >= 0.6 is 11.3 Å². The molecule has 134 valence electrons. The van der Waals surface area contributed by atoms with E-state index >= 15 is 0 Å². The highest BCUT2D eigenvalue weighted by molar-refractivity contribution is 7.10. The first kappa shape index (κ1) is 17.2. The predicted molar refractivity (Wildman–Crippen MR) is 109 cm³/mol. The maximum atomic E-state index is 12.4. The molecular weight excluding hydrogens is 358 g/mol. The first-order chi connectivity index (χ1) is 13.0. The van der Waals surface area contributed by atoms with Crippen molar-refractivity contribution in [3.8, 4) is 5.88 Å². The van der Waals surface area contributed by atoms with Crippen molar-refractivity contribution in [3.05, 3.63) is 91.4 Å². The van der Waals surface area contributed by atoms with Crippen LogP contribution in [0.1, 0.15) is 27.1 Å². The molecule has 0 unspecified atom stereocenters. The Bertz CT molecular complexity index is 1150. The summed E-state index contributed by atoms with van der Waals surface area (Å²) in [5.41, 5.74) is 4.28. The molecule has 0 fully saturated rings. The number of carbonyl (C=O) groups excluding carboxylic acids is 1. The summed E-state index contributed by atoms with van der Waals surface area (Å²) < 4.78 is 1.33. The number of hydrogen-bond donors (Lipinski definition) is 1. The van der Waals surface area contributed by atoms with Gasteiger partial charge in [-0.3, -0.25) is 14.2 Å². The van der Waals surface area contributed by atoms with Gasteiger partial charge in [0.2, 0.25) is 5.88 Å². The molecule has 0 spiro atoms. The fourth-order valence-corrected chi connectivity index (χ4v) is 3.91.